The fraction of sp³-hybridized carbons (Fsp3) is 0.464. The molecule has 2 bridgehead atoms. The van der Waals surface area contributed by atoms with E-state index in [9.17, 15) is 17.6 Å². The van der Waals surface area contributed by atoms with Crippen molar-refractivity contribution in [2.24, 2.45) is 5.92 Å². The minimum Gasteiger partial charge on any atom is -0.463 e. The van der Waals surface area contributed by atoms with Crippen LogP contribution in [0.15, 0.2) is 18.2 Å². The number of ether oxygens (including phenoxy) is 2. The fourth-order valence-corrected chi connectivity index (χ4v) is 6.90. The van der Waals surface area contributed by atoms with Gasteiger partial charge in [-0.3, -0.25) is 0 Å². The molecule has 2 aromatic carbocycles. The number of nitrogen functional groups attached to an aromatic ring is 1. The summed E-state index contributed by atoms with van der Waals surface area (Å²) in [6.07, 6.45) is -1.51. The maximum absolute atomic E-state index is 16.6. The summed E-state index contributed by atoms with van der Waals surface area (Å²) in [6.45, 7) is 2.69. The van der Waals surface area contributed by atoms with E-state index in [4.69, 9.17) is 15.2 Å². The second kappa shape index (κ2) is 10.4. The molecule has 222 valence electrons. The molecule has 2 aromatic heterocycles. The van der Waals surface area contributed by atoms with Crippen molar-refractivity contribution in [1.82, 2.24) is 20.3 Å². The van der Waals surface area contributed by atoms with Gasteiger partial charge in [0, 0.05) is 47.6 Å². The third-order valence-electron chi connectivity index (χ3n) is 8.19. The van der Waals surface area contributed by atoms with E-state index in [-0.39, 0.29) is 62.3 Å². The standard InChI is InChI=1S/C28H27F5N6O2S/c29-19-6-5-16(23-24(19)42-26(34)36-23)20-18(28(31,32)33)8-17-22(21(20)30)37-27(41-7-1-2-13-11-40-12-13)38-25(17)39-9-14-3-4-15(10-39)35-14/h5-6,8,13-15,35H,1-4,7,9-12H2,(H2,34,36). The molecule has 0 spiro atoms. The highest BCUT2D eigenvalue weighted by Gasteiger charge is 2.39. The van der Waals surface area contributed by atoms with Crippen LogP contribution in [0.3, 0.4) is 0 Å². The maximum Gasteiger partial charge on any atom is 0.417 e. The van der Waals surface area contributed by atoms with Gasteiger partial charge in [-0.05, 0) is 43.9 Å². The predicted octanol–water partition coefficient (Wildman–Crippen LogP) is 5.53. The Hall–Kier alpha value is -3.36. The lowest BCUT2D eigenvalue weighted by molar-refractivity contribution is -0.137. The lowest BCUT2D eigenvalue weighted by Crippen LogP contribution is -2.51. The van der Waals surface area contributed by atoms with Crippen LogP contribution in [0.5, 0.6) is 6.01 Å². The van der Waals surface area contributed by atoms with Gasteiger partial charge in [0.25, 0.3) is 0 Å². The zero-order valence-corrected chi connectivity index (χ0v) is 23.1. The maximum atomic E-state index is 16.6. The predicted molar refractivity (Wildman–Crippen MR) is 149 cm³/mol. The number of anilines is 2. The summed E-state index contributed by atoms with van der Waals surface area (Å²) >= 11 is 0.781. The number of nitrogens with zero attached hydrogens (tertiary/aromatic N) is 4. The molecule has 0 radical (unpaired) electrons. The number of aromatic nitrogens is 3. The van der Waals surface area contributed by atoms with Gasteiger partial charge in [-0.15, -0.1) is 0 Å². The molecule has 4 aromatic rings. The summed E-state index contributed by atoms with van der Waals surface area (Å²) in [4.78, 5) is 14.8. The molecule has 7 rings (SSSR count). The van der Waals surface area contributed by atoms with E-state index in [0.717, 1.165) is 48.8 Å². The molecular weight excluding hydrogens is 579 g/mol. The van der Waals surface area contributed by atoms with Gasteiger partial charge in [-0.2, -0.15) is 23.1 Å². The second-order valence-corrected chi connectivity index (χ2v) is 12.1. The van der Waals surface area contributed by atoms with E-state index in [0.29, 0.717) is 38.6 Å². The molecule has 3 N–H and O–H groups in total. The number of nitrogens with one attached hydrogen (secondary N) is 1. The number of fused-ring (bicyclic) bond motifs is 4. The van der Waals surface area contributed by atoms with E-state index >= 15 is 4.39 Å². The molecule has 0 saturated carbocycles. The molecule has 3 fully saturated rings. The minimum absolute atomic E-state index is 0.0480. The number of nitrogens with two attached hydrogens (primary N) is 1. The van der Waals surface area contributed by atoms with Crippen molar-refractivity contribution in [3.8, 4) is 17.1 Å². The fourth-order valence-electron chi connectivity index (χ4n) is 6.13. The first kappa shape index (κ1) is 27.5. The number of hydrogen-bond acceptors (Lipinski definition) is 9. The Bertz CT molecular complexity index is 1660. The van der Waals surface area contributed by atoms with Crippen molar-refractivity contribution >= 4 is 43.4 Å². The number of rotatable bonds is 7. The largest absolute Gasteiger partial charge is 0.463 e. The van der Waals surface area contributed by atoms with Crippen LogP contribution in [0.2, 0.25) is 0 Å². The monoisotopic (exact) mass is 606 g/mol. The molecule has 3 saturated heterocycles. The van der Waals surface area contributed by atoms with E-state index < -0.39 is 28.9 Å². The van der Waals surface area contributed by atoms with Crippen molar-refractivity contribution in [2.75, 3.05) is 43.5 Å². The average molecular weight is 607 g/mol. The highest BCUT2D eigenvalue weighted by atomic mass is 32.1. The number of alkyl halides is 3. The number of thiazole rings is 1. The van der Waals surface area contributed by atoms with Crippen molar-refractivity contribution in [2.45, 2.75) is 43.9 Å². The zero-order valence-electron chi connectivity index (χ0n) is 22.3. The van der Waals surface area contributed by atoms with E-state index in [1.54, 1.807) is 0 Å². The molecule has 0 aliphatic carbocycles. The van der Waals surface area contributed by atoms with Crippen LogP contribution in [-0.2, 0) is 10.9 Å². The van der Waals surface area contributed by atoms with Gasteiger partial charge in [0.2, 0.25) is 0 Å². The lowest BCUT2D eigenvalue weighted by Gasteiger charge is -2.34. The van der Waals surface area contributed by atoms with Crippen LogP contribution in [0.25, 0.3) is 32.2 Å². The third-order valence-corrected chi connectivity index (χ3v) is 9.08. The van der Waals surface area contributed by atoms with Crippen molar-refractivity contribution < 1.29 is 31.4 Å². The van der Waals surface area contributed by atoms with Crippen molar-refractivity contribution in [1.29, 1.82) is 0 Å². The van der Waals surface area contributed by atoms with Crippen LogP contribution in [-0.4, -0.2) is 59.9 Å². The van der Waals surface area contributed by atoms with Crippen LogP contribution in [0.4, 0.5) is 32.9 Å². The van der Waals surface area contributed by atoms with Gasteiger partial charge in [0.1, 0.15) is 17.2 Å². The molecule has 2 atom stereocenters. The average Bonchev–Trinajstić information content (AvgIpc) is 3.48. The lowest BCUT2D eigenvalue weighted by atomic mass is 9.95. The Morgan fingerprint density at radius 1 is 1.07 bits per heavy atom. The Morgan fingerprint density at radius 3 is 2.52 bits per heavy atom. The Kier molecular flexibility index (Phi) is 6.82. The van der Waals surface area contributed by atoms with Crippen LogP contribution < -0.4 is 20.7 Å². The minimum atomic E-state index is -4.95. The number of benzene rings is 2. The topological polar surface area (TPSA) is 98.4 Å². The highest BCUT2D eigenvalue weighted by molar-refractivity contribution is 7.22. The van der Waals surface area contributed by atoms with Gasteiger partial charge in [-0.1, -0.05) is 11.3 Å². The second-order valence-electron chi connectivity index (χ2n) is 11.1. The van der Waals surface area contributed by atoms with E-state index in [1.165, 1.54) is 0 Å². The molecule has 42 heavy (non-hydrogen) atoms. The van der Waals surface area contributed by atoms with Crippen molar-refractivity contribution in [3.05, 3.63) is 35.4 Å². The van der Waals surface area contributed by atoms with E-state index in [2.05, 4.69) is 20.3 Å². The molecule has 8 nitrogen and oxygen atoms in total. The SMILES string of the molecule is Nc1nc2c(-c3c(C(F)(F)F)cc4c(N5CC6CCC(C5)N6)nc(OCCCC5COC5)nc4c3F)ccc(F)c2s1. The quantitative estimate of drug-likeness (QED) is 0.209. The Morgan fingerprint density at radius 2 is 1.83 bits per heavy atom. The number of hydrogen-bond donors (Lipinski definition) is 2. The van der Waals surface area contributed by atoms with E-state index in [1.807, 2.05) is 4.90 Å². The summed E-state index contributed by atoms with van der Waals surface area (Å²) in [5.74, 6) is -1.26. The van der Waals surface area contributed by atoms with Gasteiger partial charge < -0.3 is 25.4 Å². The van der Waals surface area contributed by atoms with Gasteiger partial charge in [-0.25, -0.2) is 13.8 Å². The molecule has 14 heteroatoms. The Balaban J connectivity index is 1.40. The van der Waals surface area contributed by atoms with Crippen molar-refractivity contribution in [3.63, 3.8) is 0 Å². The highest BCUT2D eigenvalue weighted by Crippen LogP contribution is 2.46. The molecular formula is C28H27F5N6O2S. The summed E-state index contributed by atoms with van der Waals surface area (Å²) in [5.41, 5.74) is 3.08. The zero-order chi connectivity index (χ0) is 29.2. The summed E-state index contributed by atoms with van der Waals surface area (Å²) in [7, 11) is 0. The Labute approximate surface area is 241 Å². The molecule has 3 aliphatic heterocycles. The summed E-state index contributed by atoms with van der Waals surface area (Å²) in [5, 5.41) is 3.37. The summed E-state index contributed by atoms with van der Waals surface area (Å²) in [6, 6.07) is 3.16. The molecule has 2 unspecified atom stereocenters. The number of halogens is 5. The van der Waals surface area contributed by atoms with Crippen LogP contribution in [0.1, 0.15) is 31.2 Å². The first-order chi connectivity index (χ1) is 20.2. The molecule has 5 heterocycles. The summed E-state index contributed by atoms with van der Waals surface area (Å²) < 4.78 is 86.0. The number of piperazine rings is 1. The van der Waals surface area contributed by atoms with Gasteiger partial charge >= 0.3 is 12.2 Å². The first-order valence-electron chi connectivity index (χ1n) is 13.8. The molecule has 0 amide bonds. The normalized spacial score (nSPS) is 20.9. The van der Waals surface area contributed by atoms with Crippen LogP contribution in [0, 0.1) is 17.6 Å². The van der Waals surface area contributed by atoms with Gasteiger partial charge in [0.15, 0.2) is 10.9 Å². The smallest absolute Gasteiger partial charge is 0.417 e. The third kappa shape index (κ3) is 4.88. The van der Waals surface area contributed by atoms with Gasteiger partial charge in [0.05, 0.1) is 35.6 Å². The first-order valence-corrected chi connectivity index (χ1v) is 14.6. The molecule has 3 aliphatic rings. The van der Waals surface area contributed by atoms with Crippen LogP contribution >= 0.6 is 11.3 Å².